The van der Waals surface area contributed by atoms with Crippen molar-refractivity contribution in [2.45, 2.75) is 19.4 Å². The Balaban J connectivity index is 2.93. The number of rotatable bonds is 8. The smallest absolute Gasteiger partial charge is 0.268 e. The van der Waals surface area contributed by atoms with Crippen molar-refractivity contribution in [2.24, 2.45) is 0 Å². The Hall–Kier alpha value is -2.28. The van der Waals surface area contributed by atoms with E-state index in [9.17, 15) is 19.5 Å². The number of carbonyl (C=O) groups excluding carboxylic acids is 3. The lowest BCUT2D eigenvalue weighted by molar-refractivity contribution is -0.308. The summed E-state index contributed by atoms with van der Waals surface area (Å²) in [5.74, 6) is -1.87. The van der Waals surface area contributed by atoms with Crippen molar-refractivity contribution in [3.63, 3.8) is 0 Å². The molecule has 1 aromatic carbocycles. The highest BCUT2D eigenvalue weighted by atomic mass is 32.2. The topological polar surface area (TPSA) is 98.3 Å². The number of aliphatic carboxylic acids is 1. The number of hydrogen-bond donors (Lipinski definition) is 2. The van der Waals surface area contributed by atoms with Crippen molar-refractivity contribution < 1.29 is 19.5 Å². The van der Waals surface area contributed by atoms with E-state index in [2.05, 4.69) is 10.6 Å². The Morgan fingerprint density at radius 3 is 2.43 bits per heavy atom. The van der Waals surface area contributed by atoms with Crippen LogP contribution in [0.25, 0.3) is 6.08 Å². The van der Waals surface area contributed by atoms with Crippen molar-refractivity contribution in [1.82, 2.24) is 10.6 Å². The van der Waals surface area contributed by atoms with E-state index in [4.69, 9.17) is 0 Å². The normalized spacial score (nSPS) is 12.3. The van der Waals surface area contributed by atoms with Crippen LogP contribution in [0.4, 0.5) is 0 Å². The number of thioether (sulfide) groups is 1. The van der Waals surface area contributed by atoms with Gasteiger partial charge in [0.15, 0.2) is 0 Å². The zero-order chi connectivity index (χ0) is 17.2. The summed E-state index contributed by atoms with van der Waals surface area (Å²) >= 11 is 1.47. The van der Waals surface area contributed by atoms with E-state index in [-0.39, 0.29) is 12.1 Å². The summed E-state index contributed by atoms with van der Waals surface area (Å²) in [6, 6.07) is 7.82. The van der Waals surface area contributed by atoms with Gasteiger partial charge in [0.2, 0.25) is 5.91 Å². The number of carboxylic acid groups (broad SMARTS) is 1. The van der Waals surface area contributed by atoms with E-state index >= 15 is 0 Å². The van der Waals surface area contributed by atoms with E-state index in [1.54, 1.807) is 24.3 Å². The minimum Gasteiger partial charge on any atom is -0.548 e. The molecule has 0 aromatic heterocycles. The van der Waals surface area contributed by atoms with Gasteiger partial charge >= 0.3 is 0 Å². The molecule has 0 radical (unpaired) electrons. The van der Waals surface area contributed by atoms with E-state index in [1.807, 2.05) is 12.3 Å². The molecule has 1 atom stereocenters. The highest BCUT2D eigenvalue weighted by Gasteiger charge is 2.17. The fourth-order valence-corrected chi connectivity index (χ4v) is 2.26. The first-order chi connectivity index (χ1) is 10.9. The van der Waals surface area contributed by atoms with Gasteiger partial charge in [-0.05, 0) is 30.1 Å². The number of hydrogen-bond acceptors (Lipinski definition) is 5. The Kier molecular flexibility index (Phi) is 7.90. The molecule has 0 heterocycles. The Labute approximate surface area is 139 Å². The molecule has 1 aromatic rings. The van der Waals surface area contributed by atoms with Crippen LogP contribution in [0.3, 0.4) is 0 Å². The Morgan fingerprint density at radius 1 is 1.26 bits per heavy atom. The lowest BCUT2D eigenvalue weighted by Crippen LogP contribution is -2.49. The van der Waals surface area contributed by atoms with Crippen LogP contribution in [-0.2, 0) is 14.4 Å². The van der Waals surface area contributed by atoms with Gasteiger partial charge in [-0.25, -0.2) is 0 Å². The molecule has 0 saturated carbocycles. The molecule has 2 amide bonds. The van der Waals surface area contributed by atoms with E-state index < -0.39 is 23.8 Å². The van der Waals surface area contributed by atoms with Crippen molar-refractivity contribution in [2.75, 3.05) is 12.0 Å². The van der Waals surface area contributed by atoms with Crippen LogP contribution in [0.1, 0.15) is 18.9 Å². The first kappa shape index (κ1) is 18.8. The molecule has 0 aliphatic carbocycles. The summed E-state index contributed by atoms with van der Waals surface area (Å²) < 4.78 is 0. The van der Waals surface area contributed by atoms with Gasteiger partial charge in [0.25, 0.3) is 5.91 Å². The first-order valence-corrected chi connectivity index (χ1v) is 8.38. The summed E-state index contributed by atoms with van der Waals surface area (Å²) in [6.07, 6.45) is 3.57. The molecule has 124 valence electrons. The molecule has 2 N–H and O–H groups in total. The van der Waals surface area contributed by atoms with Gasteiger partial charge in [-0.15, -0.1) is 0 Å². The number of nitrogens with one attached hydrogen (secondary N) is 2. The summed E-state index contributed by atoms with van der Waals surface area (Å²) in [6.45, 7) is 1.27. The second-order valence-corrected chi connectivity index (χ2v) is 5.76. The first-order valence-electron chi connectivity index (χ1n) is 6.99. The lowest BCUT2D eigenvalue weighted by atomic mass is 10.1. The minimum absolute atomic E-state index is 0.0147. The van der Waals surface area contributed by atoms with Crippen LogP contribution >= 0.6 is 11.8 Å². The maximum atomic E-state index is 12.3. The minimum atomic E-state index is -1.35. The molecule has 7 heteroatoms. The van der Waals surface area contributed by atoms with E-state index in [0.717, 1.165) is 0 Å². The zero-order valence-corrected chi connectivity index (χ0v) is 13.8. The van der Waals surface area contributed by atoms with Gasteiger partial charge in [0.1, 0.15) is 5.70 Å². The number of amides is 2. The fourth-order valence-electron chi connectivity index (χ4n) is 1.78. The van der Waals surface area contributed by atoms with Gasteiger partial charge in [0, 0.05) is 6.92 Å². The van der Waals surface area contributed by atoms with Gasteiger partial charge in [-0.3, -0.25) is 9.59 Å². The molecule has 0 fully saturated rings. The van der Waals surface area contributed by atoms with Gasteiger partial charge in [0.05, 0.1) is 12.0 Å². The largest absolute Gasteiger partial charge is 0.548 e. The molecule has 0 bridgehead atoms. The zero-order valence-electron chi connectivity index (χ0n) is 13.0. The molecular formula is C16H19N2O4S-. The maximum Gasteiger partial charge on any atom is 0.268 e. The average Bonchev–Trinajstić information content (AvgIpc) is 2.50. The molecule has 0 saturated heterocycles. The quantitative estimate of drug-likeness (QED) is 0.659. The van der Waals surface area contributed by atoms with Crippen molar-refractivity contribution in [1.29, 1.82) is 0 Å². The van der Waals surface area contributed by atoms with Crippen LogP contribution in [0.5, 0.6) is 0 Å². The highest BCUT2D eigenvalue weighted by molar-refractivity contribution is 7.98. The Bertz CT molecular complexity index is 587. The third-order valence-electron chi connectivity index (χ3n) is 2.87. The predicted octanol–water partition coefficient (Wildman–Crippen LogP) is 0.151. The number of carboxylic acids is 1. The lowest BCUT2D eigenvalue weighted by Gasteiger charge is -2.20. The molecular weight excluding hydrogens is 316 g/mol. The van der Waals surface area contributed by atoms with Crippen LogP contribution < -0.4 is 15.7 Å². The van der Waals surface area contributed by atoms with E-state index in [0.29, 0.717) is 11.3 Å². The molecule has 0 aliphatic rings. The summed E-state index contributed by atoms with van der Waals surface area (Å²) in [5, 5.41) is 15.9. The summed E-state index contributed by atoms with van der Waals surface area (Å²) in [5.41, 5.74) is 0.694. The highest BCUT2D eigenvalue weighted by Crippen LogP contribution is 2.06. The SMILES string of the molecule is CSCC[C@@H](NC(=O)/C(=C\c1ccccc1)NC(C)=O)C(=O)[O-]. The summed E-state index contributed by atoms with van der Waals surface area (Å²) in [7, 11) is 0. The van der Waals surface area contributed by atoms with Crippen molar-refractivity contribution in [3.05, 3.63) is 41.6 Å². The summed E-state index contributed by atoms with van der Waals surface area (Å²) in [4.78, 5) is 34.6. The monoisotopic (exact) mass is 335 g/mol. The van der Waals surface area contributed by atoms with Crippen LogP contribution in [0.15, 0.2) is 36.0 Å². The molecule has 1 rings (SSSR count). The molecule has 0 spiro atoms. The number of benzene rings is 1. The van der Waals surface area contributed by atoms with Crippen LogP contribution in [0, 0.1) is 0 Å². The standard InChI is InChI=1S/C16H20N2O4S/c1-11(19)17-14(10-12-6-4-3-5-7-12)15(20)18-13(16(21)22)8-9-23-2/h3-7,10,13H,8-9H2,1-2H3,(H,17,19)(H,18,20)(H,21,22)/p-1/b14-10+/t13-/m1/s1. The van der Waals surface area contributed by atoms with Crippen LogP contribution in [-0.4, -0.2) is 35.8 Å². The van der Waals surface area contributed by atoms with Gasteiger partial charge in [-0.1, -0.05) is 30.3 Å². The molecule has 0 aliphatic heterocycles. The second-order valence-electron chi connectivity index (χ2n) is 4.78. The number of carbonyl (C=O) groups is 3. The van der Waals surface area contributed by atoms with Gasteiger partial charge < -0.3 is 20.5 Å². The second kappa shape index (κ2) is 9.68. The fraction of sp³-hybridized carbons (Fsp3) is 0.312. The van der Waals surface area contributed by atoms with Gasteiger partial charge in [-0.2, -0.15) is 11.8 Å². The van der Waals surface area contributed by atoms with Crippen molar-refractivity contribution >= 4 is 35.6 Å². The molecule has 23 heavy (non-hydrogen) atoms. The third kappa shape index (κ3) is 7.01. The van der Waals surface area contributed by atoms with E-state index in [1.165, 1.54) is 24.8 Å². The molecule has 6 nitrogen and oxygen atoms in total. The van der Waals surface area contributed by atoms with Crippen LogP contribution in [0.2, 0.25) is 0 Å². The van der Waals surface area contributed by atoms with Crippen molar-refractivity contribution in [3.8, 4) is 0 Å². The Morgan fingerprint density at radius 2 is 1.91 bits per heavy atom. The predicted molar refractivity (Wildman–Crippen MR) is 88.2 cm³/mol. The average molecular weight is 335 g/mol. The third-order valence-corrected chi connectivity index (χ3v) is 3.51. The molecule has 0 unspecified atom stereocenters. The maximum absolute atomic E-state index is 12.3.